The summed E-state index contributed by atoms with van der Waals surface area (Å²) < 4.78 is 16.4. The molecule has 12 heteroatoms. The molecule has 2 unspecified atom stereocenters. The van der Waals surface area contributed by atoms with Crippen molar-refractivity contribution in [2.75, 3.05) is 33.4 Å². The number of amides is 3. The Morgan fingerprint density at radius 3 is 2.37 bits per heavy atom. The predicted molar refractivity (Wildman–Crippen MR) is 175 cm³/mol. The maximum absolute atomic E-state index is 14.8. The quantitative estimate of drug-likeness (QED) is 0.288. The van der Waals surface area contributed by atoms with Crippen LogP contribution in [0.2, 0.25) is 10.0 Å². The Labute approximate surface area is 279 Å². The maximum atomic E-state index is 14.8. The summed E-state index contributed by atoms with van der Waals surface area (Å²) >= 11 is 12.9. The van der Waals surface area contributed by atoms with Crippen LogP contribution in [-0.4, -0.2) is 95.0 Å². The topological polar surface area (TPSA) is 109 Å². The highest BCUT2D eigenvalue weighted by atomic mass is 35.5. The van der Waals surface area contributed by atoms with Crippen LogP contribution in [0.5, 0.6) is 0 Å². The minimum Gasteiger partial charge on any atom is -0.465 e. The van der Waals surface area contributed by atoms with Crippen LogP contribution in [0.15, 0.2) is 48.0 Å². The van der Waals surface area contributed by atoms with Gasteiger partial charge >= 0.3 is 12.2 Å². The summed E-state index contributed by atoms with van der Waals surface area (Å²) in [6.45, 7) is 7.09. The molecule has 10 nitrogen and oxygen atoms in total. The van der Waals surface area contributed by atoms with Crippen molar-refractivity contribution in [1.29, 1.82) is 0 Å². The fraction of sp³-hybridized carbons (Fsp3) is 0.500. The van der Waals surface area contributed by atoms with Crippen LogP contribution >= 0.6 is 23.2 Å². The van der Waals surface area contributed by atoms with Crippen LogP contribution < -0.4 is 0 Å². The van der Waals surface area contributed by atoms with E-state index >= 15 is 0 Å². The van der Waals surface area contributed by atoms with Gasteiger partial charge in [-0.1, -0.05) is 59.6 Å². The number of halogens is 2. The Morgan fingerprint density at radius 1 is 1.02 bits per heavy atom. The Kier molecular flexibility index (Phi) is 10.5. The fourth-order valence-corrected chi connectivity index (χ4v) is 6.49. The van der Waals surface area contributed by atoms with Crippen LogP contribution in [0, 0.1) is 0 Å². The number of hydrogen-bond donors (Lipinski definition) is 1. The van der Waals surface area contributed by atoms with Crippen molar-refractivity contribution in [2.24, 2.45) is 0 Å². The number of nitrogens with zero attached hydrogens (tertiary/aromatic N) is 3. The average molecular weight is 675 g/mol. The monoisotopic (exact) mass is 673 g/mol. The van der Waals surface area contributed by atoms with Crippen LogP contribution in [0.25, 0.3) is 5.57 Å². The van der Waals surface area contributed by atoms with E-state index in [9.17, 15) is 19.5 Å². The lowest BCUT2D eigenvalue weighted by atomic mass is 9.81. The third kappa shape index (κ3) is 7.79. The smallest absolute Gasteiger partial charge is 0.410 e. The first-order chi connectivity index (χ1) is 21.9. The molecule has 3 aliphatic rings. The van der Waals surface area contributed by atoms with Gasteiger partial charge in [-0.15, -0.1) is 0 Å². The minimum atomic E-state index is -1.14. The van der Waals surface area contributed by atoms with Crippen LogP contribution in [0.4, 0.5) is 9.59 Å². The molecule has 1 N–H and O–H groups in total. The number of fused-ring (bicyclic) bond motifs is 2. The van der Waals surface area contributed by atoms with Crippen molar-refractivity contribution in [2.45, 2.75) is 76.9 Å². The summed E-state index contributed by atoms with van der Waals surface area (Å²) in [4.78, 5) is 45.5. The summed E-state index contributed by atoms with van der Waals surface area (Å²) in [7, 11) is 1.62. The van der Waals surface area contributed by atoms with Gasteiger partial charge < -0.3 is 29.1 Å². The Balaban J connectivity index is 1.56. The second-order valence-electron chi connectivity index (χ2n) is 13.0. The second-order valence-corrected chi connectivity index (χ2v) is 13.7. The molecule has 2 bridgehead atoms. The highest BCUT2D eigenvalue weighted by Crippen LogP contribution is 2.42. The van der Waals surface area contributed by atoms with Crippen molar-refractivity contribution in [3.8, 4) is 0 Å². The number of hydrogen-bond acceptors (Lipinski definition) is 6. The summed E-state index contributed by atoms with van der Waals surface area (Å²) in [5, 5.41) is 11.2. The molecule has 1 saturated carbocycles. The first-order valence-electron chi connectivity index (χ1n) is 15.5. The summed E-state index contributed by atoms with van der Waals surface area (Å²) in [5.41, 5.74) is 2.90. The van der Waals surface area contributed by atoms with E-state index in [0.717, 1.165) is 29.5 Å². The largest absolute Gasteiger partial charge is 0.465 e. The first-order valence-corrected chi connectivity index (χ1v) is 16.3. The number of benzene rings is 2. The van der Waals surface area contributed by atoms with Crippen molar-refractivity contribution in [3.05, 3.63) is 74.8 Å². The van der Waals surface area contributed by atoms with Gasteiger partial charge in [-0.2, -0.15) is 0 Å². The van der Waals surface area contributed by atoms with E-state index in [-0.39, 0.29) is 38.0 Å². The van der Waals surface area contributed by atoms with Gasteiger partial charge in [0.25, 0.3) is 5.91 Å². The predicted octanol–water partition coefficient (Wildman–Crippen LogP) is 6.47. The van der Waals surface area contributed by atoms with Crippen LogP contribution in [0.1, 0.15) is 56.7 Å². The molecule has 2 heterocycles. The summed E-state index contributed by atoms with van der Waals surface area (Å²) in [6.07, 6.45) is 0.227. The highest BCUT2D eigenvalue weighted by molar-refractivity contribution is 6.42. The van der Waals surface area contributed by atoms with E-state index in [2.05, 4.69) is 0 Å². The highest BCUT2D eigenvalue weighted by Gasteiger charge is 2.50. The maximum Gasteiger partial charge on any atom is 0.410 e. The van der Waals surface area contributed by atoms with Gasteiger partial charge in [-0.25, -0.2) is 9.59 Å². The van der Waals surface area contributed by atoms with Gasteiger partial charge in [0.05, 0.1) is 41.9 Å². The third-order valence-corrected chi connectivity index (χ3v) is 9.24. The number of ether oxygens (including phenoxy) is 3. The van der Waals surface area contributed by atoms with Crippen molar-refractivity contribution >= 4 is 46.9 Å². The van der Waals surface area contributed by atoms with Gasteiger partial charge in [0.1, 0.15) is 5.60 Å². The molecule has 2 aromatic carbocycles. The van der Waals surface area contributed by atoms with Gasteiger partial charge in [0.15, 0.2) is 0 Å². The normalized spacial score (nSPS) is 19.7. The van der Waals surface area contributed by atoms with Crippen LogP contribution in [0.3, 0.4) is 0 Å². The summed E-state index contributed by atoms with van der Waals surface area (Å²) in [5.74, 6) is -0.277. The molecule has 5 rings (SSSR count). The van der Waals surface area contributed by atoms with E-state index < -0.39 is 29.9 Å². The zero-order chi connectivity index (χ0) is 33.2. The average Bonchev–Trinajstić information content (AvgIpc) is 3.84. The third-order valence-electron chi connectivity index (χ3n) is 8.38. The summed E-state index contributed by atoms with van der Waals surface area (Å²) in [6, 6.07) is 11.6. The lowest BCUT2D eigenvalue weighted by Crippen LogP contribution is -2.65. The number of carbonyl (C=O) groups excluding carboxylic acids is 2. The van der Waals surface area contributed by atoms with Gasteiger partial charge in [0.2, 0.25) is 0 Å². The number of carboxylic acid groups (broad SMARTS) is 1. The Hall–Kier alpha value is -3.31. The Bertz CT molecular complexity index is 1490. The molecule has 248 valence electrons. The molecule has 0 aromatic heterocycles. The molecule has 1 saturated heterocycles. The number of carbonyl (C=O) groups is 3. The van der Waals surface area contributed by atoms with Crippen molar-refractivity contribution in [1.82, 2.24) is 14.7 Å². The molecule has 2 atom stereocenters. The van der Waals surface area contributed by atoms with Gasteiger partial charge in [-0.3, -0.25) is 9.69 Å². The van der Waals surface area contributed by atoms with Gasteiger partial charge in [-0.05, 0) is 68.4 Å². The second kappa shape index (κ2) is 14.2. The van der Waals surface area contributed by atoms with E-state index in [1.807, 2.05) is 30.3 Å². The van der Waals surface area contributed by atoms with E-state index in [0.29, 0.717) is 41.0 Å². The molecule has 2 aromatic rings. The van der Waals surface area contributed by atoms with Crippen LogP contribution in [-0.2, 0) is 32.2 Å². The molecule has 2 fully saturated rings. The number of piperazine rings is 1. The van der Waals surface area contributed by atoms with E-state index in [4.69, 9.17) is 37.4 Å². The lowest BCUT2D eigenvalue weighted by Gasteiger charge is -2.50. The first kappa shape index (κ1) is 34.0. The van der Waals surface area contributed by atoms with Crippen molar-refractivity contribution < 1.29 is 33.7 Å². The molecule has 3 amide bonds. The molecule has 46 heavy (non-hydrogen) atoms. The Morgan fingerprint density at radius 2 is 1.74 bits per heavy atom. The number of rotatable bonds is 10. The molecular formula is C34H41Cl2N3O7. The van der Waals surface area contributed by atoms with E-state index in [1.54, 1.807) is 44.9 Å². The van der Waals surface area contributed by atoms with Crippen molar-refractivity contribution in [3.63, 3.8) is 0 Å². The van der Waals surface area contributed by atoms with E-state index in [1.165, 1.54) is 9.80 Å². The zero-order valence-electron chi connectivity index (χ0n) is 26.6. The molecule has 2 aliphatic heterocycles. The standard InChI is InChI=1S/C34H41Cl2N3O7/c1-34(2,3)46-33(43)37-18-25-16-26(22-10-8-21(9-11-22)20-45-15-14-44-4)29(28(19-37)39(25)32(41)42)31(40)38(24-12-13-24)17-23-6-5-7-27(35)30(23)36/h5-11,24-25,28H,12-20H2,1-4H3,(H,41,42). The lowest BCUT2D eigenvalue weighted by molar-refractivity contribution is -0.129. The molecule has 0 radical (unpaired) electrons. The molecule has 0 spiro atoms. The molecular weight excluding hydrogens is 633 g/mol. The van der Waals surface area contributed by atoms with Gasteiger partial charge in [0, 0.05) is 38.4 Å². The number of methoxy groups -OCH3 is 1. The zero-order valence-corrected chi connectivity index (χ0v) is 28.1. The SMILES string of the molecule is COCCOCc1ccc(C2=C(C(=O)N(Cc3cccc(Cl)c3Cl)C3CC3)C3CN(C(=O)OC(C)(C)C)CC(C2)N3C(=O)O)cc1. The molecule has 1 aliphatic carbocycles. The fourth-order valence-electron chi connectivity index (χ4n) is 6.11. The minimum absolute atomic E-state index is 0.00978.